The molecule has 44 heavy (non-hydrogen) atoms. The Kier molecular flexibility index (Phi) is 5.54. The molecule has 0 radical (unpaired) electrons. The van der Waals surface area contributed by atoms with Crippen molar-refractivity contribution >= 4 is 65.2 Å². The molecule has 0 saturated carbocycles. The van der Waals surface area contributed by atoms with Crippen LogP contribution in [0.1, 0.15) is 18.1 Å². The van der Waals surface area contributed by atoms with Gasteiger partial charge in [0.15, 0.2) is 0 Å². The Bertz CT molecular complexity index is 2490. The molecule has 0 aliphatic heterocycles. The van der Waals surface area contributed by atoms with Crippen molar-refractivity contribution in [2.24, 2.45) is 0 Å². The third-order valence-electron chi connectivity index (χ3n) is 9.24. The zero-order chi connectivity index (χ0) is 29.4. The molecule has 0 spiro atoms. The maximum absolute atomic E-state index is 4.11. The van der Waals surface area contributed by atoms with Crippen LogP contribution in [0.4, 0.5) is 0 Å². The average molecular weight is 577 g/mol. The lowest BCUT2D eigenvalue weighted by Gasteiger charge is -2.20. The van der Waals surface area contributed by atoms with Crippen molar-refractivity contribution in [3.8, 4) is 44.5 Å². The fraction of sp³-hybridized carbons (Fsp3) is 0.0233. The molecule has 8 aromatic rings. The second-order valence-corrected chi connectivity index (χ2v) is 12.7. The third kappa shape index (κ3) is 3.45. The summed E-state index contributed by atoms with van der Waals surface area (Å²) in [6, 6.07) is 45.0. The van der Waals surface area contributed by atoms with Gasteiger partial charge >= 0.3 is 0 Å². The molecule has 1 aromatic heterocycles. The highest BCUT2D eigenvalue weighted by atomic mass is 32.1. The molecule has 9 rings (SSSR count). The fourth-order valence-corrected chi connectivity index (χ4v) is 8.71. The van der Waals surface area contributed by atoms with Gasteiger partial charge in [-0.1, -0.05) is 128 Å². The molecule has 7 aromatic carbocycles. The molecule has 0 unspecified atom stereocenters. The lowest BCUT2D eigenvalue weighted by atomic mass is 9.82. The summed E-state index contributed by atoms with van der Waals surface area (Å²) >= 11 is 1.89. The van der Waals surface area contributed by atoms with Crippen molar-refractivity contribution in [3.63, 3.8) is 0 Å². The lowest BCUT2D eigenvalue weighted by molar-refractivity contribution is 1.62. The van der Waals surface area contributed by atoms with Gasteiger partial charge in [0.05, 0.1) is 0 Å². The molecule has 0 fully saturated rings. The van der Waals surface area contributed by atoms with Crippen LogP contribution in [-0.4, -0.2) is 0 Å². The zero-order valence-electron chi connectivity index (χ0n) is 24.4. The van der Waals surface area contributed by atoms with Gasteiger partial charge in [0.1, 0.15) is 0 Å². The van der Waals surface area contributed by atoms with Crippen LogP contribution in [0.25, 0.3) is 98.4 Å². The van der Waals surface area contributed by atoms with Crippen molar-refractivity contribution in [3.05, 3.63) is 145 Å². The van der Waals surface area contributed by atoms with Gasteiger partial charge in [-0.25, -0.2) is 0 Å². The quantitative estimate of drug-likeness (QED) is 0.195. The monoisotopic (exact) mass is 576 g/mol. The molecule has 1 heteroatoms. The maximum Gasteiger partial charge on any atom is 0.0368 e. The van der Waals surface area contributed by atoms with Crippen LogP contribution in [0, 0.1) is 0 Å². The van der Waals surface area contributed by atoms with Gasteiger partial charge in [0.2, 0.25) is 0 Å². The van der Waals surface area contributed by atoms with Crippen molar-refractivity contribution in [2.75, 3.05) is 0 Å². The minimum absolute atomic E-state index is 1.18. The molecule has 0 saturated heterocycles. The molecule has 1 aliphatic rings. The van der Waals surface area contributed by atoms with Crippen LogP contribution in [-0.2, 0) is 0 Å². The standard InChI is InChI=1S/C43H28S/c1-3-14-29-23-34-36(24-26(29)4-2)44-37-25-35-40-32(41(34)37)21-13-22-33(40)42-38(27-15-7-5-8-16-27)30-19-11-12-20-31(30)39(43(35)42)28-17-9-6-10-18-28/h3-25H,2H2,1H3/b14-3-. The normalized spacial score (nSPS) is 12.2. The molecule has 0 nitrogen and oxygen atoms in total. The van der Waals surface area contributed by atoms with Crippen molar-refractivity contribution in [1.82, 2.24) is 0 Å². The van der Waals surface area contributed by atoms with Crippen LogP contribution in [0.5, 0.6) is 0 Å². The van der Waals surface area contributed by atoms with Gasteiger partial charge < -0.3 is 0 Å². The minimum Gasteiger partial charge on any atom is -0.135 e. The summed E-state index contributed by atoms with van der Waals surface area (Å²) in [5, 5.41) is 7.95. The molecular weight excluding hydrogens is 549 g/mol. The van der Waals surface area contributed by atoms with Gasteiger partial charge in [-0.2, -0.15) is 0 Å². The summed E-state index contributed by atoms with van der Waals surface area (Å²) < 4.78 is 2.63. The van der Waals surface area contributed by atoms with E-state index in [2.05, 4.69) is 147 Å². The summed E-state index contributed by atoms with van der Waals surface area (Å²) in [4.78, 5) is 0. The van der Waals surface area contributed by atoms with E-state index in [1.54, 1.807) is 0 Å². The topological polar surface area (TPSA) is 0 Å². The predicted molar refractivity (Wildman–Crippen MR) is 194 cm³/mol. The number of fused-ring (bicyclic) bond motifs is 8. The first kappa shape index (κ1) is 25.3. The largest absolute Gasteiger partial charge is 0.135 e. The molecule has 1 aliphatic carbocycles. The third-order valence-corrected chi connectivity index (χ3v) is 10.3. The minimum atomic E-state index is 1.18. The first-order valence-corrected chi connectivity index (χ1v) is 16.0. The molecule has 0 bridgehead atoms. The van der Waals surface area contributed by atoms with Crippen molar-refractivity contribution in [1.29, 1.82) is 0 Å². The Morgan fingerprint density at radius 3 is 1.75 bits per heavy atom. The summed E-state index contributed by atoms with van der Waals surface area (Å²) in [5.41, 5.74) is 12.9. The zero-order valence-corrected chi connectivity index (χ0v) is 25.2. The molecule has 0 amide bonds. The van der Waals surface area contributed by atoms with Crippen LogP contribution in [0.2, 0.25) is 0 Å². The van der Waals surface area contributed by atoms with Crippen LogP contribution in [0.3, 0.4) is 0 Å². The highest BCUT2D eigenvalue weighted by Crippen LogP contribution is 2.59. The first-order valence-electron chi connectivity index (χ1n) is 15.2. The van der Waals surface area contributed by atoms with E-state index >= 15 is 0 Å². The number of allylic oxidation sites excluding steroid dienone is 1. The van der Waals surface area contributed by atoms with E-state index in [-0.39, 0.29) is 0 Å². The van der Waals surface area contributed by atoms with Crippen LogP contribution < -0.4 is 0 Å². The Morgan fingerprint density at radius 1 is 0.500 bits per heavy atom. The van der Waals surface area contributed by atoms with E-state index in [0.717, 1.165) is 0 Å². The highest BCUT2D eigenvalue weighted by molar-refractivity contribution is 7.26. The van der Waals surface area contributed by atoms with Gasteiger partial charge in [-0.05, 0) is 102 Å². The number of rotatable bonds is 4. The summed E-state index contributed by atoms with van der Waals surface area (Å²) in [5.74, 6) is 0. The molecule has 0 N–H and O–H groups in total. The number of thiophene rings is 1. The molecule has 206 valence electrons. The summed E-state index contributed by atoms with van der Waals surface area (Å²) in [7, 11) is 0. The van der Waals surface area contributed by atoms with E-state index in [9.17, 15) is 0 Å². The Labute approximate surface area is 260 Å². The highest BCUT2D eigenvalue weighted by Gasteiger charge is 2.31. The molecule has 0 atom stereocenters. The number of hydrogen-bond donors (Lipinski definition) is 0. The van der Waals surface area contributed by atoms with Crippen molar-refractivity contribution in [2.45, 2.75) is 6.92 Å². The predicted octanol–water partition coefficient (Wildman–Crippen LogP) is 13.0. The van der Waals surface area contributed by atoms with E-state index in [0.29, 0.717) is 0 Å². The smallest absolute Gasteiger partial charge is 0.0368 e. The molecular formula is C43H28S. The van der Waals surface area contributed by atoms with Crippen LogP contribution in [0.15, 0.2) is 134 Å². The van der Waals surface area contributed by atoms with E-state index in [4.69, 9.17) is 0 Å². The van der Waals surface area contributed by atoms with Gasteiger partial charge in [0, 0.05) is 20.2 Å². The second-order valence-electron chi connectivity index (χ2n) is 11.6. The van der Waals surface area contributed by atoms with Gasteiger partial charge in [-0.15, -0.1) is 11.3 Å². The average Bonchev–Trinajstić information content (AvgIpc) is 3.60. The van der Waals surface area contributed by atoms with E-state index in [1.807, 2.05) is 17.4 Å². The maximum atomic E-state index is 4.11. The number of hydrogen-bond acceptors (Lipinski definition) is 1. The van der Waals surface area contributed by atoms with Gasteiger partial charge in [-0.3, -0.25) is 0 Å². The lowest BCUT2D eigenvalue weighted by Crippen LogP contribution is -1.93. The van der Waals surface area contributed by atoms with Crippen molar-refractivity contribution < 1.29 is 0 Å². The number of benzene rings is 7. The Hall–Kier alpha value is -5.24. The Morgan fingerprint density at radius 2 is 1.11 bits per heavy atom. The summed E-state index contributed by atoms with van der Waals surface area (Å²) in [6.07, 6.45) is 6.28. The SMILES string of the molecule is C=Cc1cc2sc3cc4c5c(cccc5c3c2cc1/C=C\C)-c1c-4c(-c2ccccc2)c2ccccc2c1-c1ccccc1. The van der Waals surface area contributed by atoms with E-state index in [1.165, 1.54) is 97.4 Å². The Balaban J connectivity index is 1.50. The fourth-order valence-electron chi connectivity index (χ4n) is 7.52. The van der Waals surface area contributed by atoms with Crippen LogP contribution >= 0.6 is 11.3 Å². The second kappa shape index (κ2) is 9.64. The van der Waals surface area contributed by atoms with Gasteiger partial charge in [0.25, 0.3) is 0 Å². The summed E-state index contributed by atoms with van der Waals surface area (Å²) in [6.45, 7) is 6.19. The van der Waals surface area contributed by atoms with E-state index < -0.39 is 0 Å². The first-order chi connectivity index (χ1) is 21.8. The molecule has 1 heterocycles.